The Bertz CT molecular complexity index is 1190. The van der Waals surface area contributed by atoms with Crippen molar-refractivity contribution in [2.75, 3.05) is 19.0 Å². The molecule has 180 valence electrons. The molecule has 3 rings (SSSR count). The van der Waals surface area contributed by atoms with Gasteiger partial charge in [0.05, 0.1) is 25.5 Å². The number of nitrogens with zero attached hydrogens (tertiary/aromatic N) is 1. The van der Waals surface area contributed by atoms with Gasteiger partial charge in [-0.1, -0.05) is 13.0 Å². The van der Waals surface area contributed by atoms with Crippen LogP contribution in [-0.4, -0.2) is 37.7 Å². The molecule has 0 aliphatic carbocycles. The van der Waals surface area contributed by atoms with Crippen LogP contribution in [0.4, 0.5) is 5.69 Å². The van der Waals surface area contributed by atoms with Gasteiger partial charge in [0, 0.05) is 11.8 Å². The topological polar surface area (TPSA) is 115 Å². The third kappa shape index (κ3) is 7.71. The van der Waals surface area contributed by atoms with E-state index in [2.05, 4.69) is 15.8 Å². The molecule has 2 amide bonds. The fraction of sp³-hybridized carbons (Fsp3) is 0.154. The molecular weight excluding hydrogens is 450 g/mol. The van der Waals surface area contributed by atoms with Crippen LogP contribution >= 0.6 is 0 Å². The summed E-state index contributed by atoms with van der Waals surface area (Å²) >= 11 is 0. The molecule has 9 heteroatoms. The predicted molar refractivity (Wildman–Crippen MR) is 131 cm³/mol. The Balaban J connectivity index is 1.48. The lowest BCUT2D eigenvalue weighted by Crippen LogP contribution is -2.32. The first-order chi connectivity index (χ1) is 17.0. The normalized spacial score (nSPS) is 10.5. The number of anilines is 1. The van der Waals surface area contributed by atoms with Crippen molar-refractivity contribution in [2.45, 2.75) is 13.3 Å². The largest absolute Gasteiger partial charge is 0.497 e. The highest BCUT2D eigenvalue weighted by Gasteiger charge is 2.13. The Morgan fingerprint density at radius 2 is 1.60 bits per heavy atom. The summed E-state index contributed by atoms with van der Waals surface area (Å²) in [5.41, 5.74) is 3.59. The number of amides is 2. The first kappa shape index (κ1) is 25.0. The van der Waals surface area contributed by atoms with Gasteiger partial charge in [-0.15, -0.1) is 0 Å². The van der Waals surface area contributed by atoms with Gasteiger partial charge >= 0.3 is 17.8 Å². The maximum absolute atomic E-state index is 12.3. The molecule has 3 aromatic carbocycles. The lowest BCUT2D eigenvalue weighted by molar-refractivity contribution is -0.136. The fourth-order valence-electron chi connectivity index (χ4n) is 2.80. The number of nitrogens with one attached hydrogen (secondary N) is 2. The lowest BCUT2D eigenvalue weighted by Gasteiger charge is -2.07. The second-order valence-corrected chi connectivity index (χ2v) is 7.22. The Hall–Kier alpha value is -4.66. The van der Waals surface area contributed by atoms with E-state index < -0.39 is 17.8 Å². The summed E-state index contributed by atoms with van der Waals surface area (Å²) in [4.78, 5) is 36.3. The number of benzene rings is 3. The second-order valence-electron chi connectivity index (χ2n) is 7.22. The number of rotatable bonds is 9. The van der Waals surface area contributed by atoms with E-state index in [0.717, 1.165) is 6.42 Å². The smallest absolute Gasteiger partial charge is 0.343 e. The van der Waals surface area contributed by atoms with E-state index in [9.17, 15) is 14.4 Å². The van der Waals surface area contributed by atoms with Crippen molar-refractivity contribution in [3.63, 3.8) is 0 Å². The molecule has 0 heterocycles. The van der Waals surface area contributed by atoms with Gasteiger partial charge in [0.1, 0.15) is 17.2 Å². The minimum atomic E-state index is -0.930. The molecule has 0 fully saturated rings. The molecule has 35 heavy (non-hydrogen) atoms. The Kier molecular flexibility index (Phi) is 8.95. The average Bonchev–Trinajstić information content (AvgIpc) is 2.88. The van der Waals surface area contributed by atoms with Crippen LogP contribution in [0.2, 0.25) is 0 Å². The summed E-state index contributed by atoms with van der Waals surface area (Å²) < 4.78 is 15.9. The highest BCUT2D eigenvalue weighted by atomic mass is 16.5. The zero-order valence-electron chi connectivity index (χ0n) is 19.3. The number of ether oxygens (including phenoxy) is 3. The van der Waals surface area contributed by atoms with Crippen LogP contribution in [0.5, 0.6) is 17.2 Å². The summed E-state index contributed by atoms with van der Waals surface area (Å²) in [5, 5.41) is 6.23. The highest BCUT2D eigenvalue weighted by Crippen LogP contribution is 2.17. The quantitative estimate of drug-likeness (QED) is 0.160. The van der Waals surface area contributed by atoms with Crippen LogP contribution in [0.25, 0.3) is 0 Å². The van der Waals surface area contributed by atoms with Gasteiger partial charge in [-0.2, -0.15) is 5.10 Å². The first-order valence-corrected chi connectivity index (χ1v) is 10.8. The van der Waals surface area contributed by atoms with Crippen LogP contribution < -0.4 is 25.0 Å². The Labute approximate surface area is 202 Å². The highest BCUT2D eigenvalue weighted by molar-refractivity contribution is 6.39. The Morgan fingerprint density at radius 3 is 2.29 bits per heavy atom. The predicted octanol–water partition coefficient (Wildman–Crippen LogP) is 3.79. The molecule has 0 aromatic heterocycles. The van der Waals surface area contributed by atoms with E-state index in [1.54, 1.807) is 72.8 Å². The standard InChI is InChI=1S/C26H25N3O6/c1-3-15-34-21-13-9-19(10-14-21)26(32)35-22-11-7-18(8-12-22)17-27-29-25(31)24(30)28-20-5-4-6-23(16-20)33-2/h4-14,16-17H,3,15H2,1-2H3,(H,28,30)(H,29,31)/b27-17-. The minimum absolute atomic E-state index is 0.347. The molecule has 9 nitrogen and oxygen atoms in total. The summed E-state index contributed by atoms with van der Waals surface area (Å²) in [5.74, 6) is -0.714. The van der Waals surface area contributed by atoms with Crippen LogP contribution in [0, 0.1) is 0 Å². The molecule has 0 atom stereocenters. The van der Waals surface area contributed by atoms with Gasteiger partial charge in [-0.05, 0) is 72.6 Å². The first-order valence-electron chi connectivity index (χ1n) is 10.8. The zero-order chi connectivity index (χ0) is 25.0. The van der Waals surface area contributed by atoms with Crippen molar-refractivity contribution >= 4 is 29.7 Å². The van der Waals surface area contributed by atoms with Gasteiger partial charge in [-0.25, -0.2) is 10.2 Å². The van der Waals surface area contributed by atoms with E-state index in [1.165, 1.54) is 13.3 Å². The van der Waals surface area contributed by atoms with Gasteiger partial charge in [0.2, 0.25) is 0 Å². The van der Waals surface area contributed by atoms with Gasteiger partial charge in [0.25, 0.3) is 0 Å². The number of esters is 1. The van der Waals surface area contributed by atoms with Crippen LogP contribution in [0.3, 0.4) is 0 Å². The van der Waals surface area contributed by atoms with E-state index in [1.807, 2.05) is 6.92 Å². The number of hydrazone groups is 1. The van der Waals surface area contributed by atoms with Crippen LogP contribution in [-0.2, 0) is 9.59 Å². The van der Waals surface area contributed by atoms with Crippen LogP contribution in [0.15, 0.2) is 77.9 Å². The number of carbonyl (C=O) groups excluding carboxylic acids is 3. The summed E-state index contributed by atoms with van der Waals surface area (Å²) in [6.07, 6.45) is 2.26. The van der Waals surface area contributed by atoms with Crippen molar-refractivity contribution in [1.29, 1.82) is 0 Å². The van der Waals surface area contributed by atoms with Gasteiger partial charge in [-0.3, -0.25) is 9.59 Å². The van der Waals surface area contributed by atoms with Gasteiger partial charge in [0.15, 0.2) is 0 Å². The third-order valence-corrected chi connectivity index (χ3v) is 4.57. The number of hydrogen-bond acceptors (Lipinski definition) is 7. The molecule has 0 saturated heterocycles. The molecular formula is C26H25N3O6. The average molecular weight is 476 g/mol. The minimum Gasteiger partial charge on any atom is -0.497 e. The summed E-state index contributed by atoms with van der Waals surface area (Å²) in [6.45, 7) is 2.63. The van der Waals surface area contributed by atoms with Crippen molar-refractivity contribution in [2.24, 2.45) is 5.10 Å². The SMILES string of the molecule is CCCOc1ccc(C(=O)Oc2ccc(/C=N\NC(=O)C(=O)Nc3cccc(OC)c3)cc2)cc1. The number of hydrogen-bond donors (Lipinski definition) is 2. The monoisotopic (exact) mass is 475 g/mol. The van der Waals surface area contributed by atoms with E-state index >= 15 is 0 Å². The maximum atomic E-state index is 12.3. The second kappa shape index (κ2) is 12.5. The number of methoxy groups -OCH3 is 1. The molecule has 0 aliphatic rings. The molecule has 0 radical (unpaired) electrons. The molecule has 2 N–H and O–H groups in total. The van der Waals surface area contributed by atoms with Gasteiger partial charge < -0.3 is 19.5 Å². The van der Waals surface area contributed by atoms with Crippen molar-refractivity contribution in [3.05, 3.63) is 83.9 Å². The molecule has 0 aliphatic heterocycles. The zero-order valence-corrected chi connectivity index (χ0v) is 19.3. The fourth-order valence-corrected chi connectivity index (χ4v) is 2.80. The van der Waals surface area contributed by atoms with E-state index in [0.29, 0.717) is 40.7 Å². The maximum Gasteiger partial charge on any atom is 0.343 e. The molecule has 0 saturated carbocycles. The van der Waals surface area contributed by atoms with Crippen molar-refractivity contribution < 1.29 is 28.6 Å². The summed E-state index contributed by atoms with van der Waals surface area (Å²) in [6, 6.07) is 19.8. The Morgan fingerprint density at radius 1 is 0.886 bits per heavy atom. The van der Waals surface area contributed by atoms with Crippen molar-refractivity contribution in [3.8, 4) is 17.2 Å². The molecule has 0 spiro atoms. The lowest BCUT2D eigenvalue weighted by atomic mass is 10.2. The molecule has 3 aromatic rings. The molecule has 0 bridgehead atoms. The summed E-state index contributed by atoms with van der Waals surface area (Å²) in [7, 11) is 1.50. The number of carbonyl (C=O) groups is 3. The van der Waals surface area contributed by atoms with E-state index in [-0.39, 0.29) is 0 Å². The van der Waals surface area contributed by atoms with E-state index in [4.69, 9.17) is 14.2 Å². The third-order valence-electron chi connectivity index (χ3n) is 4.57. The van der Waals surface area contributed by atoms with Crippen LogP contribution in [0.1, 0.15) is 29.3 Å². The van der Waals surface area contributed by atoms with Crippen molar-refractivity contribution in [1.82, 2.24) is 5.43 Å². The molecule has 0 unspecified atom stereocenters.